The lowest BCUT2D eigenvalue weighted by molar-refractivity contribution is -0.144. The lowest BCUT2D eigenvalue weighted by atomic mass is 10.1. The van der Waals surface area contributed by atoms with Gasteiger partial charge in [0.15, 0.2) is 0 Å². The first-order chi connectivity index (χ1) is 12.8. The molecule has 144 valence electrons. The standard InChI is InChI=1S/C18H22N4O5/c1-12(2)8-9-19-17(26)20-14(23)11-22-16(25)15(24)21(18(22)27)10-13-6-4-3-5-7-13/h3-7,12H,8-11H2,1-2H3,(H2,19,20,23,26). The highest BCUT2D eigenvalue weighted by Crippen LogP contribution is 2.15. The van der Waals surface area contributed by atoms with Crippen molar-refractivity contribution in [3.05, 3.63) is 35.9 Å². The predicted molar refractivity (Wildman–Crippen MR) is 95.1 cm³/mol. The minimum atomic E-state index is -1.09. The second-order valence-corrected chi connectivity index (χ2v) is 6.54. The Morgan fingerprint density at radius 3 is 2.26 bits per heavy atom. The molecule has 1 saturated heterocycles. The lowest BCUT2D eigenvalue weighted by Gasteiger charge is -2.15. The summed E-state index contributed by atoms with van der Waals surface area (Å²) < 4.78 is 0. The zero-order valence-corrected chi connectivity index (χ0v) is 15.2. The summed E-state index contributed by atoms with van der Waals surface area (Å²) in [6.07, 6.45) is 0.744. The Hall–Kier alpha value is -3.23. The molecule has 0 radical (unpaired) electrons. The van der Waals surface area contributed by atoms with Gasteiger partial charge < -0.3 is 5.32 Å². The summed E-state index contributed by atoms with van der Waals surface area (Å²) in [5, 5.41) is 4.54. The Balaban J connectivity index is 1.91. The number of carbonyl (C=O) groups excluding carboxylic acids is 5. The van der Waals surface area contributed by atoms with Crippen molar-refractivity contribution in [2.24, 2.45) is 5.92 Å². The summed E-state index contributed by atoms with van der Waals surface area (Å²) in [6.45, 7) is 3.60. The van der Waals surface area contributed by atoms with Gasteiger partial charge >= 0.3 is 23.9 Å². The number of carbonyl (C=O) groups is 5. The molecule has 1 heterocycles. The Labute approximate surface area is 156 Å². The zero-order chi connectivity index (χ0) is 20.0. The highest BCUT2D eigenvalue weighted by molar-refractivity contribution is 6.45. The van der Waals surface area contributed by atoms with Gasteiger partial charge in [0.2, 0.25) is 5.91 Å². The summed E-state index contributed by atoms with van der Waals surface area (Å²) in [7, 11) is 0. The van der Waals surface area contributed by atoms with Crippen LogP contribution in [0.1, 0.15) is 25.8 Å². The van der Waals surface area contributed by atoms with E-state index >= 15 is 0 Å². The number of nitrogens with zero attached hydrogens (tertiary/aromatic N) is 2. The van der Waals surface area contributed by atoms with Gasteiger partial charge in [0.05, 0.1) is 6.54 Å². The Morgan fingerprint density at radius 2 is 1.63 bits per heavy atom. The Morgan fingerprint density at radius 1 is 1.00 bits per heavy atom. The number of nitrogens with one attached hydrogen (secondary N) is 2. The molecule has 1 aliphatic rings. The van der Waals surface area contributed by atoms with Crippen LogP contribution in [-0.2, 0) is 20.9 Å². The number of urea groups is 2. The fourth-order valence-electron chi connectivity index (χ4n) is 2.42. The third kappa shape index (κ3) is 5.37. The first-order valence-electron chi connectivity index (χ1n) is 8.58. The van der Waals surface area contributed by atoms with E-state index in [9.17, 15) is 24.0 Å². The van der Waals surface area contributed by atoms with Crippen molar-refractivity contribution in [2.45, 2.75) is 26.8 Å². The SMILES string of the molecule is CC(C)CCNC(=O)NC(=O)CN1C(=O)C(=O)N(Cc2ccccc2)C1=O. The number of hydrogen-bond donors (Lipinski definition) is 2. The predicted octanol–water partition coefficient (Wildman–Crippen LogP) is 0.849. The van der Waals surface area contributed by atoms with Crippen molar-refractivity contribution in [3.63, 3.8) is 0 Å². The average Bonchev–Trinajstić information content (AvgIpc) is 2.80. The molecule has 1 aliphatic heterocycles. The van der Waals surface area contributed by atoms with Crippen LogP contribution >= 0.6 is 0 Å². The van der Waals surface area contributed by atoms with Gasteiger partial charge in [-0.25, -0.2) is 14.5 Å². The minimum absolute atomic E-state index is 0.0714. The van der Waals surface area contributed by atoms with Crippen LogP contribution in [-0.4, -0.2) is 52.7 Å². The molecule has 9 nitrogen and oxygen atoms in total. The third-order valence-corrected chi connectivity index (χ3v) is 3.88. The van der Waals surface area contributed by atoms with Crippen molar-refractivity contribution in [1.29, 1.82) is 0 Å². The fraction of sp³-hybridized carbons (Fsp3) is 0.389. The van der Waals surface area contributed by atoms with Gasteiger partial charge in [-0.2, -0.15) is 0 Å². The normalized spacial score (nSPS) is 14.1. The van der Waals surface area contributed by atoms with Crippen molar-refractivity contribution in [2.75, 3.05) is 13.1 Å². The molecule has 7 amide bonds. The Kier molecular flexibility index (Phi) is 6.64. The molecule has 27 heavy (non-hydrogen) atoms. The fourth-order valence-corrected chi connectivity index (χ4v) is 2.42. The molecule has 0 atom stereocenters. The van der Waals surface area contributed by atoms with Crippen molar-refractivity contribution >= 4 is 29.8 Å². The maximum atomic E-state index is 12.3. The lowest BCUT2D eigenvalue weighted by Crippen LogP contribution is -2.46. The number of rotatable bonds is 7. The molecule has 9 heteroatoms. The van der Waals surface area contributed by atoms with Gasteiger partial charge in [-0.3, -0.25) is 24.6 Å². The molecule has 0 saturated carbocycles. The van der Waals surface area contributed by atoms with E-state index in [4.69, 9.17) is 0 Å². The highest BCUT2D eigenvalue weighted by Gasteiger charge is 2.45. The van der Waals surface area contributed by atoms with Gasteiger partial charge in [0, 0.05) is 6.54 Å². The van der Waals surface area contributed by atoms with E-state index in [-0.39, 0.29) is 6.54 Å². The number of benzene rings is 1. The molecule has 1 fully saturated rings. The number of imide groups is 3. The van der Waals surface area contributed by atoms with E-state index in [2.05, 4.69) is 5.32 Å². The molecule has 2 N–H and O–H groups in total. The van der Waals surface area contributed by atoms with Crippen molar-refractivity contribution in [3.8, 4) is 0 Å². The summed E-state index contributed by atoms with van der Waals surface area (Å²) in [5.41, 5.74) is 0.669. The third-order valence-electron chi connectivity index (χ3n) is 3.88. The van der Waals surface area contributed by atoms with E-state index in [0.717, 1.165) is 11.3 Å². The van der Waals surface area contributed by atoms with E-state index < -0.39 is 36.3 Å². The monoisotopic (exact) mass is 374 g/mol. The van der Waals surface area contributed by atoms with E-state index in [1.54, 1.807) is 30.3 Å². The van der Waals surface area contributed by atoms with Crippen LogP contribution in [0.5, 0.6) is 0 Å². The summed E-state index contributed by atoms with van der Waals surface area (Å²) in [5.74, 6) is -2.56. The second kappa shape index (κ2) is 8.93. The number of hydrogen-bond acceptors (Lipinski definition) is 5. The maximum absolute atomic E-state index is 12.3. The summed E-state index contributed by atoms with van der Waals surface area (Å²) >= 11 is 0. The maximum Gasteiger partial charge on any atom is 0.335 e. The smallest absolute Gasteiger partial charge is 0.335 e. The summed E-state index contributed by atoms with van der Waals surface area (Å²) in [4.78, 5) is 61.2. The molecule has 2 rings (SSSR count). The van der Waals surface area contributed by atoms with E-state index in [1.807, 2.05) is 19.2 Å². The first-order valence-corrected chi connectivity index (χ1v) is 8.58. The largest absolute Gasteiger partial charge is 0.338 e. The van der Waals surface area contributed by atoms with Crippen LogP contribution < -0.4 is 10.6 Å². The minimum Gasteiger partial charge on any atom is -0.338 e. The molecule has 0 unspecified atom stereocenters. The van der Waals surface area contributed by atoms with Gasteiger partial charge in [0.1, 0.15) is 6.54 Å². The van der Waals surface area contributed by atoms with Crippen LogP contribution in [0, 0.1) is 5.92 Å². The molecule has 0 aliphatic carbocycles. The second-order valence-electron chi connectivity index (χ2n) is 6.54. The molecular formula is C18H22N4O5. The van der Waals surface area contributed by atoms with Crippen LogP contribution in [0.4, 0.5) is 9.59 Å². The molecule has 0 bridgehead atoms. The average molecular weight is 374 g/mol. The molecule has 0 aromatic heterocycles. The van der Waals surface area contributed by atoms with Crippen molar-refractivity contribution < 1.29 is 24.0 Å². The van der Waals surface area contributed by atoms with Crippen LogP contribution in [0.2, 0.25) is 0 Å². The van der Waals surface area contributed by atoms with E-state index in [1.165, 1.54) is 0 Å². The van der Waals surface area contributed by atoms with Gasteiger partial charge in [-0.1, -0.05) is 44.2 Å². The zero-order valence-electron chi connectivity index (χ0n) is 15.2. The Bertz CT molecular complexity index is 747. The molecule has 0 spiro atoms. The van der Waals surface area contributed by atoms with Crippen LogP contribution in [0.3, 0.4) is 0 Å². The molecular weight excluding hydrogens is 352 g/mol. The molecule has 1 aromatic carbocycles. The topological polar surface area (TPSA) is 116 Å². The van der Waals surface area contributed by atoms with Gasteiger partial charge in [0.25, 0.3) is 0 Å². The van der Waals surface area contributed by atoms with Crippen LogP contribution in [0.25, 0.3) is 0 Å². The van der Waals surface area contributed by atoms with Gasteiger partial charge in [-0.15, -0.1) is 0 Å². The molecule has 1 aromatic rings. The number of amides is 7. The highest BCUT2D eigenvalue weighted by atomic mass is 16.2. The summed E-state index contributed by atoms with van der Waals surface area (Å²) in [6, 6.07) is 7.09. The first kappa shape index (κ1) is 20.1. The van der Waals surface area contributed by atoms with Crippen LogP contribution in [0.15, 0.2) is 30.3 Å². The van der Waals surface area contributed by atoms with Gasteiger partial charge in [-0.05, 0) is 17.9 Å². The van der Waals surface area contributed by atoms with Crippen molar-refractivity contribution in [1.82, 2.24) is 20.4 Å². The van der Waals surface area contributed by atoms with E-state index in [0.29, 0.717) is 22.9 Å². The quantitative estimate of drug-likeness (QED) is 0.542.